The van der Waals surface area contributed by atoms with Crippen molar-refractivity contribution >= 4 is 6.21 Å². The van der Waals surface area contributed by atoms with Gasteiger partial charge in [0.15, 0.2) is 0 Å². The van der Waals surface area contributed by atoms with Crippen molar-refractivity contribution in [1.29, 1.82) is 5.26 Å². The molecule has 6 heteroatoms. The van der Waals surface area contributed by atoms with E-state index in [9.17, 15) is 4.39 Å². The van der Waals surface area contributed by atoms with E-state index in [0.29, 0.717) is 12.0 Å². The molecule has 0 saturated carbocycles. The van der Waals surface area contributed by atoms with Gasteiger partial charge >= 0.3 is 0 Å². The summed E-state index contributed by atoms with van der Waals surface area (Å²) >= 11 is 0. The van der Waals surface area contributed by atoms with Crippen LogP contribution in [0.2, 0.25) is 0 Å². The van der Waals surface area contributed by atoms with E-state index >= 15 is 0 Å². The van der Waals surface area contributed by atoms with E-state index in [-0.39, 0.29) is 0 Å². The molecule has 1 N–H and O–H groups in total. The summed E-state index contributed by atoms with van der Waals surface area (Å²) in [6.07, 6.45) is 7.59. The van der Waals surface area contributed by atoms with Crippen LogP contribution in [0.25, 0.3) is 11.3 Å². The summed E-state index contributed by atoms with van der Waals surface area (Å²) in [6, 6.07) is 7.32. The van der Waals surface area contributed by atoms with Gasteiger partial charge in [-0.05, 0) is 18.2 Å². The first-order valence-electron chi connectivity index (χ1n) is 5.57. The van der Waals surface area contributed by atoms with Crippen molar-refractivity contribution in [2.75, 3.05) is 0 Å². The summed E-state index contributed by atoms with van der Waals surface area (Å²) in [5.41, 5.74) is 2.25. The zero-order valence-electron chi connectivity index (χ0n) is 10.6. The number of aromatic nitrogens is 3. The number of H-pyrrole nitrogens is 1. The summed E-state index contributed by atoms with van der Waals surface area (Å²) < 4.78 is 11.0. The highest BCUT2D eigenvalue weighted by Gasteiger charge is 1.98. The summed E-state index contributed by atoms with van der Waals surface area (Å²) in [6.45, 7) is 3.33. The Labute approximate surface area is 115 Å². The molecule has 0 bridgehead atoms. The number of hydrogen-bond acceptors (Lipinski definition) is 4. The highest BCUT2D eigenvalue weighted by atomic mass is 19.1. The van der Waals surface area contributed by atoms with Gasteiger partial charge in [-0.15, -0.1) is 0 Å². The molecule has 0 saturated heterocycles. The third-order valence-electron chi connectivity index (χ3n) is 2.02. The second-order valence-electron chi connectivity index (χ2n) is 3.32. The number of hydrogen-bond donors (Lipinski definition) is 1. The van der Waals surface area contributed by atoms with Crippen molar-refractivity contribution < 1.29 is 4.39 Å². The van der Waals surface area contributed by atoms with Gasteiger partial charge in [0.1, 0.15) is 18.1 Å². The Morgan fingerprint density at radius 1 is 1.40 bits per heavy atom. The van der Waals surface area contributed by atoms with E-state index < -0.39 is 0 Å². The van der Waals surface area contributed by atoms with E-state index in [2.05, 4.69) is 26.8 Å². The number of pyridine rings is 1. The van der Waals surface area contributed by atoms with Gasteiger partial charge in [0, 0.05) is 24.2 Å². The molecule has 20 heavy (non-hydrogen) atoms. The fourth-order valence-electron chi connectivity index (χ4n) is 1.18. The Hall–Kier alpha value is -3.07. The van der Waals surface area contributed by atoms with Gasteiger partial charge in [-0.2, -0.15) is 10.4 Å². The molecule has 0 radical (unpaired) electrons. The largest absolute Gasteiger partial charge is 0.278 e. The van der Waals surface area contributed by atoms with Crippen molar-refractivity contribution in [2.45, 2.75) is 0 Å². The first-order chi connectivity index (χ1) is 9.81. The van der Waals surface area contributed by atoms with Crippen LogP contribution in [0.1, 0.15) is 5.69 Å². The van der Waals surface area contributed by atoms with Crippen molar-refractivity contribution in [3.8, 4) is 17.3 Å². The van der Waals surface area contributed by atoms with Crippen LogP contribution in [0.15, 0.2) is 60.8 Å². The lowest BCUT2D eigenvalue weighted by Crippen LogP contribution is -1.83. The molecule has 2 aromatic rings. The Bertz CT molecular complexity index is 606. The number of aliphatic imine (C=N–C) groups is 1. The highest BCUT2D eigenvalue weighted by molar-refractivity contribution is 5.70. The normalized spacial score (nSPS) is 10.0. The van der Waals surface area contributed by atoms with Crippen LogP contribution in [0.4, 0.5) is 4.39 Å². The molecular formula is C14H12FN5. The predicted molar refractivity (Wildman–Crippen MR) is 75.5 cm³/mol. The van der Waals surface area contributed by atoms with E-state index in [1.807, 2.05) is 18.2 Å². The van der Waals surface area contributed by atoms with Crippen LogP contribution in [-0.4, -0.2) is 21.4 Å². The van der Waals surface area contributed by atoms with E-state index in [1.54, 1.807) is 18.5 Å². The standard InChI is InChI=1S/C9H6N4.C5H6FN/c10-5-8-2-1-7(6-11-8)9-3-4-12-13-9;1-2-4-7-5-3-6/h1-4,6H,(H,12,13);2-5H,1H2/b;5-3+,7-4?. The molecule has 0 spiro atoms. The van der Waals surface area contributed by atoms with Crippen LogP contribution in [0.5, 0.6) is 0 Å². The third kappa shape index (κ3) is 5.06. The fourth-order valence-corrected chi connectivity index (χ4v) is 1.18. The molecular weight excluding hydrogens is 257 g/mol. The summed E-state index contributed by atoms with van der Waals surface area (Å²) in [5.74, 6) is 0. The number of nitrogens with one attached hydrogen (secondary N) is 1. The second-order valence-corrected chi connectivity index (χ2v) is 3.32. The molecule has 2 rings (SSSR count). The maximum absolute atomic E-state index is 11.0. The lowest BCUT2D eigenvalue weighted by Gasteiger charge is -1.94. The van der Waals surface area contributed by atoms with Gasteiger partial charge in [0.05, 0.1) is 11.9 Å². The SMILES string of the molecule is C=CC=N/C=C/F.N#Cc1ccc(-c2ccn[nH]2)cn1. The van der Waals surface area contributed by atoms with Gasteiger partial charge in [-0.1, -0.05) is 12.7 Å². The zero-order valence-corrected chi connectivity index (χ0v) is 10.6. The number of halogens is 1. The van der Waals surface area contributed by atoms with Gasteiger partial charge in [-0.3, -0.25) is 10.1 Å². The summed E-state index contributed by atoms with van der Waals surface area (Å²) in [7, 11) is 0. The minimum Gasteiger partial charge on any atom is -0.278 e. The maximum atomic E-state index is 11.0. The Kier molecular flexibility index (Phi) is 6.70. The van der Waals surface area contributed by atoms with Crippen LogP contribution in [0, 0.1) is 11.3 Å². The maximum Gasteiger partial charge on any atom is 0.140 e. The van der Waals surface area contributed by atoms with Gasteiger partial charge in [0.25, 0.3) is 0 Å². The Morgan fingerprint density at radius 2 is 2.25 bits per heavy atom. The molecule has 0 amide bonds. The molecule has 0 aromatic carbocycles. The number of allylic oxidation sites excluding steroid dienone is 1. The Balaban J connectivity index is 0.000000246. The van der Waals surface area contributed by atoms with Crippen LogP contribution in [-0.2, 0) is 0 Å². The lowest BCUT2D eigenvalue weighted by molar-refractivity contribution is 0.718. The fraction of sp³-hybridized carbons (Fsp3) is 0. The minimum absolute atomic E-state index is 0.361. The molecule has 5 nitrogen and oxygen atoms in total. The van der Waals surface area contributed by atoms with Gasteiger partial charge in [-0.25, -0.2) is 9.37 Å². The minimum atomic E-state index is 0.361. The van der Waals surface area contributed by atoms with Crippen molar-refractivity contribution in [3.63, 3.8) is 0 Å². The molecule has 0 atom stereocenters. The zero-order chi connectivity index (χ0) is 14.6. The van der Waals surface area contributed by atoms with Crippen LogP contribution in [0.3, 0.4) is 0 Å². The Morgan fingerprint density at radius 3 is 2.75 bits per heavy atom. The third-order valence-corrected chi connectivity index (χ3v) is 2.02. The van der Waals surface area contributed by atoms with Gasteiger partial charge < -0.3 is 0 Å². The molecule has 0 unspecified atom stereocenters. The first-order valence-corrected chi connectivity index (χ1v) is 5.57. The average molecular weight is 269 g/mol. The summed E-state index contributed by atoms with van der Waals surface area (Å²) in [4.78, 5) is 7.35. The number of aromatic amines is 1. The van der Waals surface area contributed by atoms with Crippen molar-refractivity contribution in [3.05, 3.63) is 61.5 Å². The van der Waals surface area contributed by atoms with Crippen LogP contribution < -0.4 is 0 Å². The summed E-state index contributed by atoms with van der Waals surface area (Å²) in [5, 5.41) is 15.2. The molecule has 2 heterocycles. The molecule has 100 valence electrons. The highest BCUT2D eigenvalue weighted by Crippen LogP contribution is 2.13. The van der Waals surface area contributed by atoms with Crippen molar-refractivity contribution in [2.24, 2.45) is 4.99 Å². The van der Waals surface area contributed by atoms with Crippen molar-refractivity contribution in [1.82, 2.24) is 15.2 Å². The van der Waals surface area contributed by atoms with E-state index in [4.69, 9.17) is 5.26 Å². The van der Waals surface area contributed by atoms with Crippen LogP contribution >= 0.6 is 0 Å². The monoisotopic (exact) mass is 269 g/mol. The first kappa shape index (κ1) is 15.0. The van der Waals surface area contributed by atoms with Gasteiger partial charge in [0.2, 0.25) is 0 Å². The number of rotatable bonds is 3. The smallest absolute Gasteiger partial charge is 0.140 e. The van der Waals surface area contributed by atoms with E-state index in [0.717, 1.165) is 17.5 Å². The topological polar surface area (TPSA) is 77.7 Å². The average Bonchev–Trinajstić information content (AvgIpc) is 3.03. The molecule has 0 aliphatic carbocycles. The number of nitrogens with zero attached hydrogens (tertiary/aromatic N) is 4. The quantitative estimate of drug-likeness (QED) is 0.870. The molecule has 2 aromatic heterocycles. The molecule has 0 aliphatic heterocycles. The van der Waals surface area contributed by atoms with E-state index in [1.165, 1.54) is 12.3 Å². The second kappa shape index (κ2) is 8.94. The number of nitriles is 1. The molecule has 0 aliphatic rings. The molecule has 0 fully saturated rings. The predicted octanol–water partition coefficient (Wildman–Crippen LogP) is 3.03. The lowest BCUT2D eigenvalue weighted by atomic mass is 10.2.